The number of hydrogen-bond donors (Lipinski definition) is 4. The second-order valence-corrected chi connectivity index (χ2v) is 8.82. The second-order valence-electron chi connectivity index (χ2n) is 7.00. The molecule has 0 saturated heterocycles. The summed E-state index contributed by atoms with van der Waals surface area (Å²) in [5.41, 5.74) is 2.28. The number of aromatic nitrogens is 2. The number of fused-ring (bicyclic) bond motifs is 1. The Morgan fingerprint density at radius 3 is 2.59 bits per heavy atom. The van der Waals surface area contributed by atoms with Crippen LogP contribution in [-0.2, 0) is 9.92 Å². The third-order valence-corrected chi connectivity index (χ3v) is 6.65. The van der Waals surface area contributed by atoms with E-state index in [1.54, 1.807) is 43.8 Å². The minimum absolute atomic E-state index is 0.301. The van der Waals surface area contributed by atoms with Crippen LogP contribution in [0.3, 0.4) is 0 Å². The van der Waals surface area contributed by atoms with Crippen molar-refractivity contribution in [3.63, 3.8) is 0 Å². The van der Waals surface area contributed by atoms with E-state index in [2.05, 4.69) is 20.0 Å². The van der Waals surface area contributed by atoms with E-state index >= 15 is 0 Å². The van der Waals surface area contributed by atoms with E-state index in [1.807, 2.05) is 12.1 Å². The topological polar surface area (TPSA) is 120 Å². The molecule has 0 bridgehead atoms. The van der Waals surface area contributed by atoms with Crippen LogP contribution in [0.1, 0.15) is 19.3 Å². The van der Waals surface area contributed by atoms with Crippen molar-refractivity contribution >= 4 is 32.2 Å². The van der Waals surface area contributed by atoms with Gasteiger partial charge >= 0.3 is 0 Å². The normalized spacial score (nSPS) is 21.0. The quantitative estimate of drug-likeness (QED) is 0.493. The molecule has 9 heteroatoms. The summed E-state index contributed by atoms with van der Waals surface area (Å²) in [4.78, 5) is 8.89. The molecule has 0 amide bonds. The van der Waals surface area contributed by atoms with Crippen molar-refractivity contribution in [3.05, 3.63) is 48.8 Å². The highest BCUT2D eigenvalue weighted by Gasteiger charge is 2.28. The molecule has 3 atom stereocenters. The highest BCUT2D eigenvalue weighted by molar-refractivity contribution is 7.90. The lowest BCUT2D eigenvalue weighted by atomic mass is 10.2. The SMILES string of the molecule is COc1nccc2c(Nc3ccc([S@@](=N)(=O)N[C@@H]4CCC[C@H]4O)cc3)ccnc12. The molecule has 2 aromatic heterocycles. The smallest absolute Gasteiger partial charge is 0.240 e. The Balaban J connectivity index is 1.55. The van der Waals surface area contributed by atoms with Gasteiger partial charge in [-0.15, -0.1) is 0 Å². The number of rotatable bonds is 6. The summed E-state index contributed by atoms with van der Waals surface area (Å²) >= 11 is 0. The molecular formula is C20H23N5O3S. The van der Waals surface area contributed by atoms with Crippen LogP contribution in [0.4, 0.5) is 11.4 Å². The first-order chi connectivity index (χ1) is 14.0. The Morgan fingerprint density at radius 1 is 1.14 bits per heavy atom. The van der Waals surface area contributed by atoms with Crippen LogP contribution in [0.15, 0.2) is 53.7 Å². The maximum atomic E-state index is 12.8. The van der Waals surface area contributed by atoms with Crippen molar-refractivity contribution in [2.24, 2.45) is 0 Å². The summed E-state index contributed by atoms with van der Waals surface area (Å²) in [7, 11) is -1.63. The number of ether oxygens (including phenoxy) is 1. The molecule has 0 unspecified atom stereocenters. The zero-order valence-electron chi connectivity index (χ0n) is 16.0. The van der Waals surface area contributed by atoms with E-state index in [1.165, 1.54) is 0 Å². The predicted octanol–water partition coefficient (Wildman–Crippen LogP) is 3.21. The summed E-state index contributed by atoms with van der Waals surface area (Å²) in [5, 5.41) is 14.1. The first-order valence-corrected chi connectivity index (χ1v) is 10.9. The molecular weight excluding hydrogens is 390 g/mol. The average Bonchev–Trinajstić information content (AvgIpc) is 3.12. The summed E-state index contributed by atoms with van der Waals surface area (Å²) in [5.74, 6) is 0.454. The van der Waals surface area contributed by atoms with Gasteiger partial charge in [-0.2, -0.15) is 0 Å². The predicted molar refractivity (Wildman–Crippen MR) is 112 cm³/mol. The van der Waals surface area contributed by atoms with Gasteiger partial charge in [0, 0.05) is 35.2 Å². The van der Waals surface area contributed by atoms with Gasteiger partial charge in [0.25, 0.3) is 0 Å². The number of hydrogen-bond acceptors (Lipinski definition) is 7. The maximum absolute atomic E-state index is 12.8. The second kappa shape index (κ2) is 7.94. The van der Waals surface area contributed by atoms with Gasteiger partial charge in [-0.3, -0.25) is 4.98 Å². The molecule has 0 aliphatic heterocycles. The summed E-state index contributed by atoms with van der Waals surface area (Å²) in [6, 6.07) is 10.3. The molecule has 1 fully saturated rings. The molecule has 29 heavy (non-hydrogen) atoms. The number of aliphatic hydroxyl groups excluding tert-OH is 1. The van der Waals surface area contributed by atoms with E-state index in [9.17, 15) is 9.32 Å². The molecule has 3 aromatic rings. The lowest BCUT2D eigenvalue weighted by Crippen LogP contribution is -2.39. The summed E-state index contributed by atoms with van der Waals surface area (Å²) in [6.07, 6.45) is 5.07. The van der Waals surface area contributed by atoms with Gasteiger partial charge in [0.15, 0.2) is 0 Å². The van der Waals surface area contributed by atoms with Gasteiger partial charge in [0.1, 0.15) is 15.4 Å². The highest BCUT2D eigenvalue weighted by Crippen LogP contribution is 2.29. The van der Waals surface area contributed by atoms with E-state index < -0.39 is 16.0 Å². The Labute approximate surface area is 169 Å². The Bertz CT molecular complexity index is 1120. The zero-order chi connectivity index (χ0) is 20.4. The first-order valence-electron chi connectivity index (χ1n) is 9.37. The molecule has 1 aromatic carbocycles. The number of nitrogens with one attached hydrogen (secondary N) is 3. The van der Waals surface area contributed by atoms with Crippen LogP contribution in [-0.4, -0.2) is 38.5 Å². The van der Waals surface area contributed by atoms with Crippen LogP contribution in [0.25, 0.3) is 10.9 Å². The van der Waals surface area contributed by atoms with E-state index in [0.29, 0.717) is 22.7 Å². The number of nitrogens with zero attached hydrogens (tertiary/aromatic N) is 2. The lowest BCUT2D eigenvalue weighted by molar-refractivity contribution is 0.159. The number of benzene rings is 1. The molecule has 1 aliphatic carbocycles. The van der Waals surface area contributed by atoms with Crippen LogP contribution in [0.2, 0.25) is 0 Å². The molecule has 2 heterocycles. The summed E-state index contributed by atoms with van der Waals surface area (Å²) < 4.78 is 29.1. The van der Waals surface area contributed by atoms with Crippen LogP contribution < -0.4 is 14.8 Å². The van der Waals surface area contributed by atoms with Gasteiger partial charge in [0.2, 0.25) is 5.88 Å². The van der Waals surface area contributed by atoms with Crippen molar-refractivity contribution in [2.75, 3.05) is 12.4 Å². The first kappa shape index (κ1) is 19.6. The Morgan fingerprint density at radius 2 is 1.90 bits per heavy atom. The van der Waals surface area contributed by atoms with E-state index in [-0.39, 0.29) is 6.04 Å². The highest BCUT2D eigenvalue weighted by atomic mass is 32.2. The van der Waals surface area contributed by atoms with Gasteiger partial charge in [-0.25, -0.2) is 18.7 Å². The summed E-state index contributed by atoms with van der Waals surface area (Å²) in [6.45, 7) is 0. The Hall–Kier alpha value is -2.75. The maximum Gasteiger partial charge on any atom is 0.240 e. The minimum atomic E-state index is -3.18. The molecule has 8 nitrogen and oxygen atoms in total. The molecule has 1 saturated carbocycles. The molecule has 152 valence electrons. The van der Waals surface area contributed by atoms with Crippen LogP contribution in [0.5, 0.6) is 5.88 Å². The van der Waals surface area contributed by atoms with Crippen molar-refractivity contribution < 1.29 is 14.1 Å². The van der Waals surface area contributed by atoms with Gasteiger partial charge in [-0.1, -0.05) is 0 Å². The zero-order valence-corrected chi connectivity index (χ0v) is 16.8. The number of anilines is 2. The molecule has 0 radical (unpaired) electrons. The molecule has 0 spiro atoms. The van der Waals surface area contributed by atoms with Gasteiger partial charge in [-0.05, 0) is 55.7 Å². The minimum Gasteiger partial charge on any atom is -0.479 e. The van der Waals surface area contributed by atoms with E-state index in [0.717, 1.165) is 29.6 Å². The Kier molecular flexibility index (Phi) is 5.35. The monoisotopic (exact) mass is 413 g/mol. The third kappa shape index (κ3) is 4.02. The standard InChI is InChI=1S/C20H23N5O3S/c1-28-20-19-15(9-11-23-20)16(10-12-22-19)24-13-5-7-14(8-6-13)29(21,27)25-17-3-2-4-18(17)26/h5-12,17-18,26H,2-4H2,1H3,(H,22,24)(H2,21,25,27)/t17-,18-,29+/m1/s1. The fraction of sp³-hybridized carbons (Fsp3) is 0.300. The molecule has 1 aliphatic rings. The van der Waals surface area contributed by atoms with Crippen LogP contribution >= 0.6 is 0 Å². The fourth-order valence-electron chi connectivity index (χ4n) is 3.56. The largest absolute Gasteiger partial charge is 0.479 e. The molecule has 4 rings (SSSR count). The number of aliphatic hydroxyl groups is 1. The van der Waals surface area contributed by atoms with Crippen molar-refractivity contribution in [3.8, 4) is 5.88 Å². The molecule has 4 N–H and O–H groups in total. The van der Waals surface area contributed by atoms with Crippen LogP contribution in [0, 0.1) is 4.78 Å². The van der Waals surface area contributed by atoms with Gasteiger partial charge < -0.3 is 15.2 Å². The van der Waals surface area contributed by atoms with Crippen molar-refractivity contribution in [1.82, 2.24) is 14.7 Å². The number of pyridine rings is 2. The third-order valence-electron chi connectivity index (χ3n) is 5.08. The fourth-order valence-corrected chi connectivity index (χ4v) is 4.91. The van der Waals surface area contributed by atoms with E-state index in [4.69, 9.17) is 9.52 Å². The number of methoxy groups -OCH3 is 1. The van der Waals surface area contributed by atoms with Crippen molar-refractivity contribution in [1.29, 1.82) is 4.78 Å². The average molecular weight is 414 g/mol. The lowest BCUT2D eigenvalue weighted by Gasteiger charge is -2.19. The van der Waals surface area contributed by atoms with Crippen molar-refractivity contribution in [2.45, 2.75) is 36.3 Å². The van der Waals surface area contributed by atoms with Gasteiger partial charge in [0.05, 0.1) is 18.1 Å².